The van der Waals surface area contributed by atoms with Crippen LogP contribution in [0.4, 0.5) is 10.5 Å². The molecule has 0 radical (unpaired) electrons. The number of hydrogen-bond acceptors (Lipinski definition) is 3. The van der Waals surface area contributed by atoms with Crippen LogP contribution in [-0.4, -0.2) is 48.1 Å². The molecule has 3 aliphatic rings. The van der Waals surface area contributed by atoms with Crippen LogP contribution in [-0.2, 0) is 5.54 Å². The lowest BCUT2D eigenvalue weighted by molar-refractivity contribution is 0.00833. The van der Waals surface area contributed by atoms with Crippen molar-refractivity contribution < 1.29 is 4.79 Å². The minimum Gasteiger partial charge on any atom is -0.317 e. The van der Waals surface area contributed by atoms with Crippen LogP contribution in [0, 0.1) is 17.2 Å². The number of nitrogens with zero attached hydrogens (tertiary/aromatic N) is 4. The zero-order chi connectivity index (χ0) is 23.8. The zero-order valence-corrected chi connectivity index (χ0v) is 20.5. The molecule has 1 saturated heterocycles. The minimum atomic E-state index is -0.118. The summed E-state index contributed by atoms with van der Waals surface area (Å²) in [4.78, 5) is 20.5. The highest BCUT2D eigenvalue weighted by atomic mass is 16.2. The average molecular weight is 457 g/mol. The molecule has 0 atom stereocenters. The Labute approximate surface area is 204 Å². The summed E-state index contributed by atoms with van der Waals surface area (Å²) < 4.78 is 0. The van der Waals surface area contributed by atoms with Gasteiger partial charge in [0.15, 0.2) is 0 Å². The molecule has 2 amide bonds. The van der Waals surface area contributed by atoms with Crippen LogP contribution in [0.1, 0.15) is 63.0 Å². The van der Waals surface area contributed by atoms with E-state index >= 15 is 0 Å². The van der Waals surface area contributed by atoms with Crippen molar-refractivity contribution in [2.75, 3.05) is 31.6 Å². The van der Waals surface area contributed by atoms with E-state index < -0.39 is 0 Å². The maximum absolute atomic E-state index is 13.8. The van der Waals surface area contributed by atoms with Crippen molar-refractivity contribution >= 4 is 11.7 Å². The molecule has 1 spiro atoms. The Bertz CT molecular complexity index is 1050. The van der Waals surface area contributed by atoms with Gasteiger partial charge in [-0.25, -0.2) is 4.79 Å². The molecule has 2 saturated carbocycles. The average Bonchev–Trinajstić information content (AvgIpc) is 3.13. The second kappa shape index (κ2) is 9.07. The van der Waals surface area contributed by atoms with Crippen LogP contribution in [0.15, 0.2) is 54.6 Å². The van der Waals surface area contributed by atoms with Crippen LogP contribution in [0.25, 0.3) is 0 Å². The molecule has 5 nitrogen and oxygen atoms in total. The molecule has 5 heteroatoms. The molecule has 2 aromatic carbocycles. The lowest BCUT2D eigenvalue weighted by Gasteiger charge is -2.52. The highest BCUT2D eigenvalue weighted by Gasteiger charge is 2.55. The molecule has 0 N–H and O–H groups in total. The number of anilines is 1. The Morgan fingerprint density at radius 1 is 1.03 bits per heavy atom. The number of carbonyl (C=O) groups excluding carboxylic acids is 1. The predicted octanol–water partition coefficient (Wildman–Crippen LogP) is 5.76. The highest BCUT2D eigenvalue weighted by Crippen LogP contribution is 2.50. The highest BCUT2D eigenvalue weighted by molar-refractivity contribution is 5.95. The van der Waals surface area contributed by atoms with Crippen molar-refractivity contribution in [3.63, 3.8) is 0 Å². The van der Waals surface area contributed by atoms with Crippen molar-refractivity contribution in [2.45, 2.75) is 62.9 Å². The molecule has 2 aliphatic carbocycles. The number of hydrogen-bond donors (Lipinski definition) is 0. The molecule has 0 aromatic heterocycles. The second-order valence-corrected chi connectivity index (χ2v) is 10.6. The quantitative estimate of drug-likeness (QED) is 0.555. The number of benzene rings is 2. The lowest BCUT2D eigenvalue weighted by Crippen LogP contribution is -2.57. The smallest absolute Gasteiger partial charge is 0.317 e. The van der Waals surface area contributed by atoms with E-state index in [2.05, 4.69) is 60.2 Å². The van der Waals surface area contributed by atoms with Crippen molar-refractivity contribution in [3.8, 4) is 6.07 Å². The van der Waals surface area contributed by atoms with Crippen LogP contribution in [0.3, 0.4) is 0 Å². The van der Waals surface area contributed by atoms with Gasteiger partial charge in [0.25, 0.3) is 0 Å². The van der Waals surface area contributed by atoms with Gasteiger partial charge in [0.05, 0.1) is 23.7 Å². The zero-order valence-electron chi connectivity index (χ0n) is 20.5. The van der Waals surface area contributed by atoms with Gasteiger partial charge in [-0.05, 0) is 87.9 Å². The molecule has 5 rings (SSSR count). The number of nitriles is 1. The Morgan fingerprint density at radius 3 is 2.26 bits per heavy atom. The van der Waals surface area contributed by atoms with Gasteiger partial charge in [0.2, 0.25) is 0 Å². The van der Waals surface area contributed by atoms with E-state index in [-0.39, 0.29) is 17.1 Å². The summed E-state index contributed by atoms with van der Waals surface area (Å²) in [6.45, 7) is 4.87. The minimum absolute atomic E-state index is 0.0221. The van der Waals surface area contributed by atoms with Gasteiger partial charge in [-0.3, -0.25) is 9.80 Å². The van der Waals surface area contributed by atoms with E-state index in [9.17, 15) is 10.1 Å². The number of amides is 2. The standard InChI is InChI=1S/C29H36N4O/c1-3-31(2)29(25-10-5-4-6-11-25)18-16-28(17-19-29)22-32(26-14-12-23(20-30)13-15-26)27(34)33(28)21-24-8-7-9-24/h4-6,10-15,24H,3,7-9,16-19,21-22H2,1-2H3. The van der Waals surface area contributed by atoms with Gasteiger partial charge < -0.3 is 4.90 Å². The summed E-state index contributed by atoms with van der Waals surface area (Å²) in [5, 5.41) is 9.18. The van der Waals surface area contributed by atoms with E-state index in [0.717, 1.165) is 51.0 Å². The number of rotatable bonds is 6. The fourth-order valence-electron chi connectivity index (χ4n) is 6.42. The fourth-order valence-corrected chi connectivity index (χ4v) is 6.42. The van der Waals surface area contributed by atoms with E-state index in [1.165, 1.54) is 24.8 Å². The lowest BCUT2D eigenvalue weighted by atomic mass is 9.68. The molecule has 1 aliphatic heterocycles. The van der Waals surface area contributed by atoms with E-state index in [1.807, 2.05) is 29.2 Å². The molecular weight excluding hydrogens is 420 g/mol. The Balaban J connectivity index is 1.45. The van der Waals surface area contributed by atoms with Gasteiger partial charge in [-0.15, -0.1) is 0 Å². The number of carbonyl (C=O) groups is 1. The summed E-state index contributed by atoms with van der Waals surface area (Å²) in [5.74, 6) is 0.640. The summed E-state index contributed by atoms with van der Waals surface area (Å²) >= 11 is 0. The van der Waals surface area contributed by atoms with Crippen LogP contribution in [0.2, 0.25) is 0 Å². The van der Waals surface area contributed by atoms with Gasteiger partial charge >= 0.3 is 6.03 Å². The Kier molecular flexibility index (Phi) is 6.12. The SMILES string of the molecule is CCN(C)C1(c2ccccc2)CCC2(CC1)CN(c1ccc(C#N)cc1)C(=O)N2CC1CCC1. The van der Waals surface area contributed by atoms with Crippen molar-refractivity contribution in [3.05, 3.63) is 65.7 Å². The number of urea groups is 1. The van der Waals surface area contributed by atoms with Crippen LogP contribution < -0.4 is 4.90 Å². The van der Waals surface area contributed by atoms with E-state index in [0.29, 0.717) is 11.5 Å². The van der Waals surface area contributed by atoms with Crippen molar-refractivity contribution in [1.29, 1.82) is 5.26 Å². The fraction of sp³-hybridized carbons (Fsp3) is 0.517. The molecule has 2 aromatic rings. The van der Waals surface area contributed by atoms with Gasteiger partial charge in [-0.2, -0.15) is 5.26 Å². The van der Waals surface area contributed by atoms with Crippen LogP contribution >= 0.6 is 0 Å². The van der Waals surface area contributed by atoms with E-state index in [4.69, 9.17) is 0 Å². The first-order valence-electron chi connectivity index (χ1n) is 12.9. The van der Waals surface area contributed by atoms with Gasteiger partial charge in [-0.1, -0.05) is 43.7 Å². The second-order valence-electron chi connectivity index (χ2n) is 10.6. The third kappa shape index (κ3) is 3.79. The Hall–Kier alpha value is -2.84. The molecule has 3 fully saturated rings. The summed E-state index contributed by atoms with van der Waals surface area (Å²) in [7, 11) is 2.25. The maximum Gasteiger partial charge on any atom is 0.325 e. The first-order valence-corrected chi connectivity index (χ1v) is 12.9. The normalized spacial score (nSPS) is 27.3. The van der Waals surface area contributed by atoms with Crippen molar-refractivity contribution in [2.24, 2.45) is 5.92 Å². The van der Waals surface area contributed by atoms with Crippen molar-refractivity contribution in [1.82, 2.24) is 9.80 Å². The van der Waals surface area contributed by atoms with Gasteiger partial charge in [0, 0.05) is 17.8 Å². The molecule has 0 unspecified atom stereocenters. The topological polar surface area (TPSA) is 50.6 Å². The molecule has 0 bridgehead atoms. The summed E-state index contributed by atoms with van der Waals surface area (Å²) in [6.07, 6.45) is 7.90. The first-order chi connectivity index (χ1) is 16.5. The molecular formula is C29H36N4O. The Morgan fingerprint density at radius 2 is 1.71 bits per heavy atom. The van der Waals surface area contributed by atoms with Crippen LogP contribution in [0.5, 0.6) is 0 Å². The maximum atomic E-state index is 13.8. The molecule has 178 valence electrons. The van der Waals surface area contributed by atoms with E-state index in [1.54, 1.807) is 0 Å². The largest absolute Gasteiger partial charge is 0.325 e. The molecule has 34 heavy (non-hydrogen) atoms. The first kappa shape index (κ1) is 22.9. The predicted molar refractivity (Wildman–Crippen MR) is 136 cm³/mol. The molecule has 1 heterocycles. The third-order valence-corrected chi connectivity index (χ3v) is 8.98. The van der Waals surface area contributed by atoms with Gasteiger partial charge in [0.1, 0.15) is 0 Å². The summed E-state index contributed by atoms with van der Waals surface area (Å²) in [6, 6.07) is 20.8. The summed E-state index contributed by atoms with van der Waals surface area (Å²) in [5.41, 5.74) is 2.84. The monoisotopic (exact) mass is 456 g/mol. The third-order valence-electron chi connectivity index (χ3n) is 8.98.